The second-order valence-electron chi connectivity index (χ2n) is 4.19. The third kappa shape index (κ3) is 3.53. The molecule has 1 aromatic rings. The van der Waals surface area contributed by atoms with Crippen molar-refractivity contribution >= 4 is 5.69 Å². The Bertz CT molecular complexity index is 395. The van der Waals surface area contributed by atoms with Crippen LogP contribution in [0.4, 0.5) is 18.9 Å². The van der Waals surface area contributed by atoms with E-state index in [0.717, 1.165) is 25.9 Å². The summed E-state index contributed by atoms with van der Waals surface area (Å²) in [6, 6.07) is 4.22. The Hall–Kier alpha value is -1.43. The van der Waals surface area contributed by atoms with Crippen molar-refractivity contribution in [3.05, 3.63) is 24.0 Å². The van der Waals surface area contributed by atoms with E-state index in [1.165, 1.54) is 12.1 Å². The lowest BCUT2D eigenvalue weighted by Gasteiger charge is -2.24. The van der Waals surface area contributed by atoms with Crippen LogP contribution in [-0.4, -0.2) is 25.7 Å². The van der Waals surface area contributed by atoms with Crippen molar-refractivity contribution in [1.29, 1.82) is 0 Å². The molecule has 1 aliphatic heterocycles. The second-order valence-corrected chi connectivity index (χ2v) is 4.19. The van der Waals surface area contributed by atoms with E-state index in [1.807, 2.05) is 0 Å². The Morgan fingerprint density at radius 2 is 2.00 bits per heavy atom. The van der Waals surface area contributed by atoms with Gasteiger partial charge in [0.2, 0.25) is 0 Å². The number of hydrogen-bond donors (Lipinski definition) is 2. The number of nitrogens with one attached hydrogen (secondary N) is 2. The summed E-state index contributed by atoms with van der Waals surface area (Å²) < 4.78 is 41.4. The predicted molar refractivity (Wildman–Crippen MR) is 62.5 cm³/mol. The smallest absolute Gasteiger partial charge is 0.387 e. The summed E-state index contributed by atoms with van der Waals surface area (Å²) in [6.07, 6.45) is 1.91. The lowest BCUT2D eigenvalue weighted by Crippen LogP contribution is -2.35. The maximum atomic E-state index is 13.5. The number of benzene rings is 1. The molecule has 3 nitrogen and oxygen atoms in total. The number of halogens is 3. The molecule has 0 bridgehead atoms. The van der Waals surface area contributed by atoms with Crippen LogP contribution < -0.4 is 15.4 Å². The van der Waals surface area contributed by atoms with Gasteiger partial charge in [-0.15, -0.1) is 0 Å². The molecule has 0 aliphatic carbocycles. The zero-order valence-electron chi connectivity index (χ0n) is 9.76. The Balaban J connectivity index is 1.99. The Morgan fingerprint density at radius 1 is 1.28 bits per heavy atom. The van der Waals surface area contributed by atoms with Crippen molar-refractivity contribution in [1.82, 2.24) is 5.32 Å². The molecule has 100 valence electrons. The molecular formula is C12H15F3N2O. The first-order valence-corrected chi connectivity index (χ1v) is 5.87. The predicted octanol–water partition coefficient (Wildman–Crippen LogP) is 2.59. The summed E-state index contributed by atoms with van der Waals surface area (Å²) in [4.78, 5) is 0. The van der Waals surface area contributed by atoms with Crippen molar-refractivity contribution in [2.75, 3.05) is 18.4 Å². The highest BCUT2D eigenvalue weighted by Gasteiger charge is 2.14. The normalized spacial score (nSPS) is 16.9. The minimum Gasteiger partial charge on any atom is -0.432 e. The first kappa shape index (κ1) is 13.0. The quantitative estimate of drug-likeness (QED) is 0.873. The molecule has 18 heavy (non-hydrogen) atoms. The molecular weight excluding hydrogens is 245 g/mol. The maximum Gasteiger partial charge on any atom is 0.387 e. The van der Waals surface area contributed by atoms with Crippen molar-refractivity contribution in [2.24, 2.45) is 0 Å². The largest absolute Gasteiger partial charge is 0.432 e. The summed E-state index contributed by atoms with van der Waals surface area (Å²) >= 11 is 0. The standard InChI is InChI=1S/C12H15F3N2O/c13-10-7-9(1-2-11(10)18-12(14)15)17-8-3-5-16-6-4-8/h1-2,7-8,12,16-17H,3-6H2. The first-order chi connectivity index (χ1) is 8.65. The fourth-order valence-corrected chi connectivity index (χ4v) is 1.98. The number of anilines is 1. The topological polar surface area (TPSA) is 33.3 Å². The molecule has 6 heteroatoms. The van der Waals surface area contributed by atoms with E-state index in [-0.39, 0.29) is 6.04 Å². The lowest BCUT2D eigenvalue weighted by atomic mass is 10.1. The van der Waals surface area contributed by atoms with Gasteiger partial charge in [-0.2, -0.15) is 8.78 Å². The van der Waals surface area contributed by atoms with E-state index in [2.05, 4.69) is 15.4 Å². The number of rotatable bonds is 4. The lowest BCUT2D eigenvalue weighted by molar-refractivity contribution is -0.0521. The van der Waals surface area contributed by atoms with Gasteiger partial charge in [-0.3, -0.25) is 0 Å². The SMILES string of the molecule is Fc1cc(NC2CCNCC2)ccc1OC(F)F. The molecule has 1 fully saturated rings. The van der Waals surface area contributed by atoms with Crippen LogP contribution in [0.5, 0.6) is 5.75 Å². The molecule has 0 aromatic heterocycles. The zero-order valence-corrected chi connectivity index (χ0v) is 9.76. The molecule has 0 radical (unpaired) electrons. The second kappa shape index (κ2) is 5.95. The van der Waals surface area contributed by atoms with E-state index in [0.29, 0.717) is 5.69 Å². The van der Waals surface area contributed by atoms with Gasteiger partial charge in [0, 0.05) is 17.8 Å². The number of hydrogen-bond acceptors (Lipinski definition) is 3. The molecule has 1 saturated heterocycles. The number of ether oxygens (including phenoxy) is 1. The fourth-order valence-electron chi connectivity index (χ4n) is 1.98. The van der Waals surface area contributed by atoms with Crippen molar-refractivity contribution < 1.29 is 17.9 Å². The minimum atomic E-state index is -3.01. The third-order valence-corrected chi connectivity index (χ3v) is 2.86. The average Bonchev–Trinajstić information content (AvgIpc) is 2.33. The molecule has 0 amide bonds. The highest BCUT2D eigenvalue weighted by molar-refractivity contribution is 5.48. The summed E-state index contributed by atoms with van der Waals surface area (Å²) in [5, 5.41) is 6.40. The molecule has 2 N–H and O–H groups in total. The van der Waals surface area contributed by atoms with Crippen LogP contribution >= 0.6 is 0 Å². The van der Waals surface area contributed by atoms with Gasteiger partial charge in [0.15, 0.2) is 11.6 Å². The van der Waals surface area contributed by atoms with Crippen LogP contribution in [0.15, 0.2) is 18.2 Å². The van der Waals surface area contributed by atoms with Crippen molar-refractivity contribution in [3.63, 3.8) is 0 Å². The first-order valence-electron chi connectivity index (χ1n) is 5.87. The van der Waals surface area contributed by atoms with E-state index in [1.54, 1.807) is 6.07 Å². The number of alkyl halides is 2. The Kier molecular flexibility index (Phi) is 4.30. The average molecular weight is 260 g/mol. The monoisotopic (exact) mass is 260 g/mol. The molecule has 0 atom stereocenters. The fraction of sp³-hybridized carbons (Fsp3) is 0.500. The van der Waals surface area contributed by atoms with E-state index >= 15 is 0 Å². The highest BCUT2D eigenvalue weighted by atomic mass is 19.3. The summed E-state index contributed by atoms with van der Waals surface area (Å²) in [5.74, 6) is -1.21. The summed E-state index contributed by atoms with van der Waals surface area (Å²) in [6.45, 7) is -1.16. The minimum absolute atomic E-state index is 0.285. The van der Waals surface area contributed by atoms with Gasteiger partial charge in [-0.25, -0.2) is 4.39 Å². The van der Waals surface area contributed by atoms with Crippen LogP contribution in [0.25, 0.3) is 0 Å². The molecule has 0 unspecified atom stereocenters. The van der Waals surface area contributed by atoms with Crippen molar-refractivity contribution in [2.45, 2.75) is 25.5 Å². The summed E-state index contributed by atoms with van der Waals surface area (Å²) in [5.41, 5.74) is 0.584. The molecule has 1 aliphatic rings. The summed E-state index contributed by atoms with van der Waals surface area (Å²) in [7, 11) is 0. The van der Waals surface area contributed by atoms with Gasteiger partial charge < -0.3 is 15.4 Å². The zero-order chi connectivity index (χ0) is 13.0. The van der Waals surface area contributed by atoms with Gasteiger partial charge in [0.25, 0.3) is 0 Å². The highest BCUT2D eigenvalue weighted by Crippen LogP contribution is 2.24. The van der Waals surface area contributed by atoms with Gasteiger partial charge in [-0.1, -0.05) is 0 Å². The van der Waals surface area contributed by atoms with E-state index < -0.39 is 18.2 Å². The van der Waals surface area contributed by atoms with Crippen LogP contribution in [0.1, 0.15) is 12.8 Å². The van der Waals surface area contributed by atoms with E-state index in [4.69, 9.17) is 0 Å². The van der Waals surface area contributed by atoms with Gasteiger partial charge >= 0.3 is 6.61 Å². The van der Waals surface area contributed by atoms with Gasteiger partial charge in [-0.05, 0) is 38.1 Å². The molecule has 1 aromatic carbocycles. The molecule has 0 saturated carbocycles. The maximum absolute atomic E-state index is 13.5. The van der Waals surface area contributed by atoms with Crippen LogP contribution in [0, 0.1) is 5.82 Å². The van der Waals surface area contributed by atoms with Crippen LogP contribution in [0.2, 0.25) is 0 Å². The molecule has 2 rings (SSSR count). The van der Waals surface area contributed by atoms with Crippen LogP contribution in [0.3, 0.4) is 0 Å². The third-order valence-electron chi connectivity index (χ3n) is 2.86. The number of piperidine rings is 1. The van der Waals surface area contributed by atoms with Gasteiger partial charge in [0.1, 0.15) is 0 Å². The molecule has 0 spiro atoms. The Labute approximate surface area is 103 Å². The Morgan fingerprint density at radius 3 is 2.61 bits per heavy atom. The van der Waals surface area contributed by atoms with Gasteiger partial charge in [0.05, 0.1) is 0 Å². The van der Waals surface area contributed by atoms with E-state index in [9.17, 15) is 13.2 Å². The molecule has 1 heterocycles. The van der Waals surface area contributed by atoms with Crippen LogP contribution in [-0.2, 0) is 0 Å². The van der Waals surface area contributed by atoms with Crippen molar-refractivity contribution in [3.8, 4) is 5.75 Å².